The Bertz CT molecular complexity index is 1170. The Labute approximate surface area is 171 Å². The molecule has 2 N–H and O–H groups in total. The van der Waals surface area contributed by atoms with E-state index in [0.717, 1.165) is 21.6 Å². The van der Waals surface area contributed by atoms with Gasteiger partial charge in [-0.2, -0.15) is 5.10 Å². The average molecular weight is 435 g/mol. The molecule has 0 spiro atoms. The summed E-state index contributed by atoms with van der Waals surface area (Å²) in [7, 11) is -3.01. The van der Waals surface area contributed by atoms with E-state index in [9.17, 15) is 13.2 Å². The third-order valence-electron chi connectivity index (χ3n) is 4.56. The summed E-state index contributed by atoms with van der Waals surface area (Å²) in [5.74, 6) is -0.135. The Hall–Kier alpha value is -2.30. The number of amides is 1. The van der Waals surface area contributed by atoms with E-state index in [-0.39, 0.29) is 28.6 Å². The maximum atomic E-state index is 12.6. The topological polar surface area (TPSA) is 93.1 Å². The molecule has 1 fully saturated rings. The van der Waals surface area contributed by atoms with Crippen LogP contribution in [0.15, 0.2) is 36.4 Å². The predicted octanol–water partition coefficient (Wildman–Crippen LogP) is 2.19. The van der Waals surface area contributed by atoms with Crippen LogP contribution >= 0.6 is 23.6 Å². The van der Waals surface area contributed by atoms with Gasteiger partial charge >= 0.3 is 0 Å². The first-order chi connectivity index (χ1) is 13.3. The zero-order valence-corrected chi connectivity index (χ0v) is 17.5. The fourth-order valence-corrected chi connectivity index (χ4v) is 6.21. The molecule has 0 radical (unpaired) electrons. The average Bonchev–Trinajstić information content (AvgIpc) is 3.30. The molecule has 0 bridgehead atoms. The van der Waals surface area contributed by atoms with Crippen molar-refractivity contribution in [1.29, 1.82) is 0 Å². The molecule has 1 atom stereocenters. The van der Waals surface area contributed by atoms with Crippen LogP contribution in [-0.4, -0.2) is 46.8 Å². The van der Waals surface area contributed by atoms with Crippen molar-refractivity contribution in [2.24, 2.45) is 0 Å². The minimum Gasteiger partial charge on any atom is -0.359 e. The van der Waals surface area contributed by atoms with Crippen LogP contribution < -0.4 is 10.6 Å². The third-order valence-corrected chi connectivity index (χ3v) is 7.66. The number of nitrogens with one attached hydrogen (secondary N) is 2. The van der Waals surface area contributed by atoms with E-state index in [1.807, 2.05) is 41.9 Å². The number of fused-ring (bicyclic) bond motifs is 1. The first kappa shape index (κ1) is 19.0. The summed E-state index contributed by atoms with van der Waals surface area (Å²) in [5.41, 5.74) is 1.76. The van der Waals surface area contributed by atoms with Gasteiger partial charge in [0.05, 0.1) is 27.8 Å². The summed E-state index contributed by atoms with van der Waals surface area (Å²) in [4.78, 5) is 14.0. The van der Waals surface area contributed by atoms with Gasteiger partial charge in [0.2, 0.25) is 0 Å². The first-order valence-corrected chi connectivity index (χ1v) is 11.7. The molecule has 7 nitrogen and oxygen atoms in total. The molecule has 1 aliphatic rings. The van der Waals surface area contributed by atoms with E-state index in [2.05, 4.69) is 15.7 Å². The Morgan fingerprint density at radius 2 is 2.07 bits per heavy atom. The van der Waals surface area contributed by atoms with E-state index >= 15 is 0 Å². The molecule has 10 heteroatoms. The lowest BCUT2D eigenvalue weighted by Crippen LogP contribution is -2.44. The number of rotatable bonds is 3. The molecule has 146 valence electrons. The molecule has 1 aromatic carbocycles. The van der Waals surface area contributed by atoms with Crippen molar-refractivity contribution in [3.8, 4) is 5.69 Å². The monoisotopic (exact) mass is 434 g/mol. The Morgan fingerprint density at radius 3 is 2.75 bits per heavy atom. The van der Waals surface area contributed by atoms with Gasteiger partial charge in [-0.05, 0) is 43.8 Å². The second-order valence-electron chi connectivity index (χ2n) is 6.69. The minimum absolute atomic E-state index is 0.0397. The van der Waals surface area contributed by atoms with Gasteiger partial charge < -0.3 is 5.32 Å². The van der Waals surface area contributed by atoms with Gasteiger partial charge in [0.25, 0.3) is 5.91 Å². The van der Waals surface area contributed by atoms with Gasteiger partial charge in [-0.3, -0.25) is 10.1 Å². The first-order valence-electron chi connectivity index (χ1n) is 8.69. The summed E-state index contributed by atoms with van der Waals surface area (Å²) in [6.07, 6.45) is 0.493. The molecular formula is C18H18N4O3S3. The highest BCUT2D eigenvalue weighted by Crippen LogP contribution is 2.30. The van der Waals surface area contributed by atoms with Crippen LogP contribution in [0.3, 0.4) is 0 Å². The zero-order valence-electron chi connectivity index (χ0n) is 15.0. The summed E-state index contributed by atoms with van der Waals surface area (Å²) in [5, 5.41) is 11.2. The SMILES string of the molecule is Cc1nn(-c2ccccc2)c2sc(C(=O)NC(=S)N[C@@H]3CCS(=O)(=O)C3)cc12. The number of hydrogen-bond donors (Lipinski definition) is 2. The van der Waals surface area contributed by atoms with Crippen molar-refractivity contribution in [3.63, 3.8) is 0 Å². The van der Waals surface area contributed by atoms with Crippen molar-refractivity contribution in [2.75, 3.05) is 11.5 Å². The lowest BCUT2D eigenvalue weighted by molar-refractivity contribution is 0.0980. The number of nitrogens with zero attached hydrogens (tertiary/aromatic N) is 2. The number of sulfone groups is 1. The lowest BCUT2D eigenvalue weighted by atomic mass is 10.3. The number of carbonyl (C=O) groups excluding carboxylic acids is 1. The van der Waals surface area contributed by atoms with Crippen LogP contribution in [0.5, 0.6) is 0 Å². The van der Waals surface area contributed by atoms with Crippen molar-refractivity contribution in [1.82, 2.24) is 20.4 Å². The molecule has 0 saturated carbocycles. The molecular weight excluding hydrogens is 416 g/mol. The zero-order chi connectivity index (χ0) is 19.9. The number of thiocarbonyl (C=S) groups is 1. The highest BCUT2D eigenvalue weighted by Gasteiger charge is 2.28. The molecule has 28 heavy (non-hydrogen) atoms. The molecule has 1 aliphatic heterocycles. The molecule has 1 saturated heterocycles. The summed E-state index contributed by atoms with van der Waals surface area (Å²) in [6, 6.07) is 11.3. The fraction of sp³-hybridized carbons (Fsp3) is 0.278. The van der Waals surface area contributed by atoms with Crippen molar-refractivity contribution in [2.45, 2.75) is 19.4 Å². The maximum Gasteiger partial charge on any atom is 0.267 e. The Kier molecular flexibility index (Phi) is 4.94. The number of aromatic nitrogens is 2. The van der Waals surface area contributed by atoms with Crippen LogP contribution in [0.4, 0.5) is 0 Å². The lowest BCUT2D eigenvalue weighted by Gasteiger charge is -2.13. The molecule has 0 aliphatic carbocycles. The van der Waals surface area contributed by atoms with Gasteiger partial charge in [0.1, 0.15) is 4.83 Å². The maximum absolute atomic E-state index is 12.6. The van der Waals surface area contributed by atoms with E-state index in [1.54, 1.807) is 6.07 Å². The number of para-hydroxylation sites is 1. The molecule has 0 unspecified atom stereocenters. The van der Waals surface area contributed by atoms with Crippen LogP contribution in [0.1, 0.15) is 21.8 Å². The summed E-state index contributed by atoms with van der Waals surface area (Å²) >= 11 is 6.52. The predicted molar refractivity (Wildman–Crippen MR) is 114 cm³/mol. The second kappa shape index (κ2) is 7.26. The van der Waals surface area contributed by atoms with Crippen LogP contribution in [0, 0.1) is 6.92 Å². The molecule has 3 heterocycles. The van der Waals surface area contributed by atoms with Gasteiger partial charge in [0, 0.05) is 11.4 Å². The molecule has 2 aromatic heterocycles. The molecule has 4 rings (SSSR count). The number of benzene rings is 1. The highest BCUT2D eigenvalue weighted by molar-refractivity contribution is 7.91. The smallest absolute Gasteiger partial charge is 0.267 e. The van der Waals surface area contributed by atoms with E-state index < -0.39 is 9.84 Å². The number of hydrogen-bond acceptors (Lipinski definition) is 6. The Balaban J connectivity index is 1.51. The summed E-state index contributed by atoms with van der Waals surface area (Å²) in [6.45, 7) is 1.91. The van der Waals surface area contributed by atoms with Crippen LogP contribution in [0.25, 0.3) is 15.9 Å². The van der Waals surface area contributed by atoms with Gasteiger partial charge in [-0.15, -0.1) is 11.3 Å². The largest absolute Gasteiger partial charge is 0.359 e. The van der Waals surface area contributed by atoms with Crippen molar-refractivity contribution in [3.05, 3.63) is 47.0 Å². The normalized spacial score (nSPS) is 18.2. The third kappa shape index (κ3) is 3.80. The van der Waals surface area contributed by atoms with Gasteiger partial charge in [-0.25, -0.2) is 13.1 Å². The fourth-order valence-electron chi connectivity index (χ4n) is 3.20. The van der Waals surface area contributed by atoms with E-state index in [1.165, 1.54) is 11.3 Å². The number of aryl methyl sites for hydroxylation is 1. The number of carbonyl (C=O) groups is 1. The minimum atomic E-state index is -3.01. The van der Waals surface area contributed by atoms with E-state index in [4.69, 9.17) is 12.2 Å². The van der Waals surface area contributed by atoms with E-state index in [0.29, 0.717) is 11.3 Å². The van der Waals surface area contributed by atoms with Crippen molar-refractivity contribution >= 4 is 54.6 Å². The van der Waals surface area contributed by atoms with Crippen LogP contribution in [0.2, 0.25) is 0 Å². The Morgan fingerprint density at radius 1 is 1.32 bits per heavy atom. The summed E-state index contributed by atoms with van der Waals surface area (Å²) < 4.78 is 24.9. The standard InChI is InChI=1S/C18H18N4O3S3/c1-11-14-9-15(27-17(14)22(21-11)13-5-3-2-4-6-13)16(23)20-18(26)19-12-7-8-28(24,25)10-12/h2-6,9,12H,7-8,10H2,1H3,(H2,19,20,23,26)/t12-/m1/s1. The van der Waals surface area contributed by atoms with Gasteiger partial charge in [0.15, 0.2) is 14.9 Å². The van der Waals surface area contributed by atoms with Crippen molar-refractivity contribution < 1.29 is 13.2 Å². The second-order valence-corrected chi connectivity index (χ2v) is 10.4. The van der Waals surface area contributed by atoms with Gasteiger partial charge in [-0.1, -0.05) is 18.2 Å². The molecule has 3 aromatic rings. The van der Waals surface area contributed by atoms with Crippen LogP contribution in [-0.2, 0) is 9.84 Å². The molecule has 1 amide bonds. The number of thiophene rings is 1. The quantitative estimate of drug-likeness (QED) is 0.614. The highest BCUT2D eigenvalue weighted by atomic mass is 32.2.